The largest absolute Gasteiger partial charge is 0.354 e. The monoisotopic (exact) mass is 475 g/mol. The van der Waals surface area contributed by atoms with Crippen molar-refractivity contribution in [2.75, 3.05) is 5.32 Å². The van der Waals surface area contributed by atoms with Gasteiger partial charge in [-0.1, -0.05) is 54.5 Å². The zero-order valence-corrected chi connectivity index (χ0v) is 19.0. The van der Waals surface area contributed by atoms with Crippen LogP contribution >= 0.6 is 0 Å². The molecule has 0 fully saturated rings. The third kappa shape index (κ3) is 5.05. The highest BCUT2D eigenvalue weighted by Crippen LogP contribution is 2.27. The van der Waals surface area contributed by atoms with Gasteiger partial charge in [0.25, 0.3) is 21.8 Å². The van der Waals surface area contributed by atoms with E-state index in [1.54, 1.807) is 12.1 Å². The molecule has 3 aromatic carbocycles. The van der Waals surface area contributed by atoms with Crippen LogP contribution in [0.15, 0.2) is 94.5 Å². The van der Waals surface area contributed by atoms with E-state index in [0.717, 1.165) is 17.5 Å². The summed E-state index contributed by atoms with van der Waals surface area (Å²) in [6.45, 7) is 1.96. The smallest absolute Gasteiger partial charge is 0.264 e. The number of aromatic nitrogens is 1. The zero-order valence-electron chi connectivity index (χ0n) is 18.2. The molecule has 172 valence electrons. The van der Waals surface area contributed by atoms with E-state index in [2.05, 4.69) is 10.5 Å². The maximum atomic E-state index is 12.7. The molecule has 0 bridgehead atoms. The average molecular weight is 476 g/mol. The van der Waals surface area contributed by atoms with E-state index in [0.29, 0.717) is 11.4 Å². The molecule has 4 aromatic rings. The third-order valence-corrected chi connectivity index (χ3v) is 6.48. The molecule has 0 aliphatic rings. The summed E-state index contributed by atoms with van der Waals surface area (Å²) in [5.41, 5.74) is 2.52. The van der Waals surface area contributed by atoms with Crippen LogP contribution in [0.5, 0.6) is 0 Å². The Balaban J connectivity index is 1.44. The fourth-order valence-corrected chi connectivity index (χ4v) is 4.21. The summed E-state index contributed by atoms with van der Waals surface area (Å²) in [7, 11) is -4.02. The number of nitrogens with one attached hydrogen (secondary N) is 2. The van der Waals surface area contributed by atoms with Gasteiger partial charge in [0.05, 0.1) is 11.1 Å². The summed E-state index contributed by atoms with van der Waals surface area (Å²) >= 11 is 0. The van der Waals surface area contributed by atoms with Crippen molar-refractivity contribution in [3.8, 4) is 11.3 Å². The number of carbonyl (C=O) groups is 2. The Hall–Kier alpha value is -4.24. The van der Waals surface area contributed by atoms with Crippen molar-refractivity contribution in [1.82, 2.24) is 9.88 Å². The highest BCUT2D eigenvalue weighted by Gasteiger charge is 2.19. The number of rotatable bonds is 7. The first-order valence-electron chi connectivity index (χ1n) is 10.4. The van der Waals surface area contributed by atoms with Gasteiger partial charge in [0, 0.05) is 16.7 Å². The van der Waals surface area contributed by atoms with Crippen molar-refractivity contribution >= 4 is 27.5 Å². The van der Waals surface area contributed by atoms with Gasteiger partial charge >= 0.3 is 0 Å². The molecule has 0 atom stereocenters. The second-order valence-corrected chi connectivity index (χ2v) is 9.08. The first-order chi connectivity index (χ1) is 16.4. The molecule has 2 N–H and O–H groups in total. The van der Waals surface area contributed by atoms with Gasteiger partial charge in [0.1, 0.15) is 5.69 Å². The number of carbonyl (C=O) groups excluding carboxylic acids is 2. The summed E-state index contributed by atoms with van der Waals surface area (Å²) in [6.07, 6.45) is 2.18. The minimum Gasteiger partial charge on any atom is -0.354 e. The van der Waals surface area contributed by atoms with Gasteiger partial charge in [0.2, 0.25) is 0 Å². The molecule has 34 heavy (non-hydrogen) atoms. The Morgan fingerprint density at radius 2 is 1.47 bits per heavy atom. The normalized spacial score (nSPS) is 11.1. The molecule has 0 aliphatic carbocycles. The van der Waals surface area contributed by atoms with Crippen LogP contribution in [0.4, 0.5) is 5.69 Å². The van der Waals surface area contributed by atoms with Crippen molar-refractivity contribution in [3.63, 3.8) is 0 Å². The summed E-state index contributed by atoms with van der Waals surface area (Å²) < 4.78 is 32.3. The molecule has 0 aliphatic heterocycles. The van der Waals surface area contributed by atoms with Crippen LogP contribution < -0.4 is 10.0 Å². The first-order valence-corrected chi connectivity index (χ1v) is 11.9. The van der Waals surface area contributed by atoms with E-state index in [4.69, 9.17) is 4.52 Å². The summed E-state index contributed by atoms with van der Waals surface area (Å²) in [5, 5.41) is 6.48. The Morgan fingerprint density at radius 3 is 2.09 bits per heavy atom. The number of sulfonamides is 1. The van der Waals surface area contributed by atoms with Gasteiger partial charge in [-0.2, -0.15) is 0 Å². The molecule has 8 nitrogen and oxygen atoms in total. The van der Waals surface area contributed by atoms with Gasteiger partial charge in [-0.05, 0) is 48.4 Å². The lowest BCUT2D eigenvalue weighted by molar-refractivity contribution is 0.0978. The minimum absolute atomic E-state index is 0.00279. The maximum absolute atomic E-state index is 12.7. The number of benzene rings is 3. The van der Waals surface area contributed by atoms with Crippen molar-refractivity contribution in [2.24, 2.45) is 0 Å². The molecule has 0 unspecified atom stereocenters. The van der Waals surface area contributed by atoms with E-state index >= 15 is 0 Å². The third-order valence-electron chi connectivity index (χ3n) is 5.13. The Morgan fingerprint density at radius 1 is 0.853 bits per heavy atom. The van der Waals surface area contributed by atoms with E-state index < -0.39 is 21.8 Å². The van der Waals surface area contributed by atoms with E-state index in [9.17, 15) is 18.0 Å². The quantitative estimate of drug-likeness (QED) is 0.412. The molecule has 1 heterocycles. The molecule has 4 rings (SSSR count). The highest BCUT2D eigenvalue weighted by molar-refractivity contribution is 7.90. The molecule has 2 amide bonds. The van der Waals surface area contributed by atoms with Crippen molar-refractivity contribution < 1.29 is 22.5 Å². The topological polar surface area (TPSA) is 118 Å². The predicted molar refractivity (Wildman–Crippen MR) is 127 cm³/mol. The van der Waals surface area contributed by atoms with Crippen molar-refractivity contribution in [3.05, 3.63) is 102 Å². The minimum atomic E-state index is -4.02. The summed E-state index contributed by atoms with van der Waals surface area (Å²) in [5.74, 6) is -0.810. The van der Waals surface area contributed by atoms with E-state index in [-0.39, 0.29) is 16.0 Å². The maximum Gasteiger partial charge on any atom is 0.264 e. The van der Waals surface area contributed by atoms with Crippen LogP contribution in [0.3, 0.4) is 0 Å². The summed E-state index contributed by atoms with van der Waals surface area (Å²) in [4.78, 5) is 25.1. The predicted octanol–water partition coefficient (Wildman–Crippen LogP) is 4.28. The second-order valence-electron chi connectivity index (χ2n) is 7.40. The van der Waals surface area contributed by atoms with Crippen LogP contribution in [0.1, 0.15) is 33.2 Å². The van der Waals surface area contributed by atoms with Crippen LogP contribution in [0.2, 0.25) is 0 Å². The van der Waals surface area contributed by atoms with E-state index in [1.165, 1.54) is 42.6 Å². The van der Waals surface area contributed by atoms with Crippen molar-refractivity contribution in [2.45, 2.75) is 18.2 Å². The molecule has 9 heteroatoms. The number of nitrogens with zero attached hydrogens (tertiary/aromatic N) is 1. The van der Waals surface area contributed by atoms with Gasteiger partial charge in [-0.3, -0.25) is 9.59 Å². The lowest BCUT2D eigenvalue weighted by Crippen LogP contribution is -2.30. The van der Waals surface area contributed by atoms with Crippen LogP contribution in [0.25, 0.3) is 11.3 Å². The molecular formula is C25H21N3O5S. The second kappa shape index (κ2) is 9.72. The fourth-order valence-electron chi connectivity index (χ4n) is 3.24. The van der Waals surface area contributed by atoms with Crippen LogP contribution in [-0.2, 0) is 16.4 Å². The van der Waals surface area contributed by atoms with Crippen LogP contribution in [-0.4, -0.2) is 25.4 Å². The number of hydrogen-bond donors (Lipinski definition) is 2. The number of aryl methyl sites for hydroxylation is 1. The lowest BCUT2D eigenvalue weighted by Gasteiger charge is -2.09. The summed E-state index contributed by atoms with van der Waals surface area (Å²) in [6, 6.07) is 21.1. The van der Waals surface area contributed by atoms with Gasteiger partial charge in [-0.25, -0.2) is 13.1 Å². The molecule has 0 radical (unpaired) electrons. The number of amides is 2. The first kappa shape index (κ1) is 22.9. The number of anilines is 1. The Labute approximate surface area is 196 Å². The van der Waals surface area contributed by atoms with Gasteiger partial charge in [-0.15, -0.1) is 0 Å². The fraction of sp³-hybridized carbons (Fsp3) is 0.0800. The Kier molecular flexibility index (Phi) is 6.55. The average Bonchev–Trinajstić information content (AvgIpc) is 3.32. The number of hydrogen-bond acceptors (Lipinski definition) is 6. The molecule has 0 spiro atoms. The van der Waals surface area contributed by atoms with Gasteiger partial charge in [0.15, 0.2) is 5.76 Å². The highest BCUT2D eigenvalue weighted by atomic mass is 32.2. The lowest BCUT2D eigenvalue weighted by atomic mass is 10.1. The zero-order chi connectivity index (χ0) is 24.1. The molecular weight excluding hydrogens is 454 g/mol. The molecule has 0 saturated carbocycles. The van der Waals surface area contributed by atoms with Crippen molar-refractivity contribution in [1.29, 1.82) is 0 Å². The Bertz CT molecular complexity index is 1410. The molecule has 1 aromatic heterocycles. The SMILES string of the molecule is CCc1ccc(S(=O)(=O)NC(=O)c2ccc(C(=O)Nc3cnoc3-c3ccccc3)cc2)cc1. The van der Waals surface area contributed by atoms with E-state index in [1.807, 2.05) is 42.0 Å². The standard InChI is InChI=1S/C25H21N3O5S/c1-2-17-8-14-21(15-9-17)34(31,32)28-25(30)20-12-10-19(11-13-20)24(29)27-22-16-26-33-23(22)18-6-4-3-5-7-18/h3-16H,2H2,1H3,(H,27,29)(H,28,30). The molecule has 0 saturated heterocycles. The van der Waals surface area contributed by atoms with Gasteiger partial charge < -0.3 is 9.84 Å². The van der Waals surface area contributed by atoms with Crippen LogP contribution in [0, 0.1) is 0 Å².